The summed E-state index contributed by atoms with van der Waals surface area (Å²) in [5, 5.41) is 0. The zero-order valence-electron chi connectivity index (χ0n) is 10.9. The predicted molar refractivity (Wildman–Crippen MR) is 73.2 cm³/mol. The first-order valence-corrected chi connectivity index (χ1v) is 6.72. The highest BCUT2D eigenvalue weighted by Crippen LogP contribution is 2.35. The molecule has 1 aromatic rings. The van der Waals surface area contributed by atoms with E-state index in [-0.39, 0.29) is 11.9 Å². The molecular formula is C15H19BO2. The molecule has 0 unspecified atom stereocenters. The van der Waals surface area contributed by atoms with Gasteiger partial charge in [0, 0.05) is 0 Å². The van der Waals surface area contributed by atoms with Crippen molar-refractivity contribution in [1.82, 2.24) is 0 Å². The average Bonchev–Trinajstić information content (AvgIpc) is 2.40. The molecule has 1 aliphatic rings. The monoisotopic (exact) mass is 242 g/mol. The van der Waals surface area contributed by atoms with Crippen LogP contribution in [0.15, 0.2) is 24.3 Å². The number of hydrogen-bond acceptors (Lipinski definition) is 2. The molecule has 0 saturated heterocycles. The van der Waals surface area contributed by atoms with Crippen molar-refractivity contribution in [3.63, 3.8) is 0 Å². The summed E-state index contributed by atoms with van der Waals surface area (Å²) >= 11 is 0. The lowest BCUT2D eigenvalue weighted by Gasteiger charge is -2.27. The molecule has 0 amide bonds. The Morgan fingerprint density at radius 2 is 1.83 bits per heavy atom. The summed E-state index contributed by atoms with van der Waals surface area (Å²) in [5.41, 5.74) is 2.14. The molecule has 0 atom stereocenters. The minimum absolute atomic E-state index is 0.0201. The molecule has 0 N–H and O–H groups in total. The molecule has 0 heterocycles. The fourth-order valence-corrected chi connectivity index (χ4v) is 2.69. The third-order valence-electron chi connectivity index (χ3n) is 3.75. The summed E-state index contributed by atoms with van der Waals surface area (Å²) in [6.45, 7) is 2.34. The van der Waals surface area contributed by atoms with E-state index in [1.54, 1.807) is 0 Å². The summed E-state index contributed by atoms with van der Waals surface area (Å²) in [5.74, 6) is 0.652. The normalized spacial score (nSPS) is 23.6. The maximum atomic E-state index is 11.6. The first-order valence-electron chi connectivity index (χ1n) is 6.72. The molecule has 18 heavy (non-hydrogen) atoms. The Morgan fingerprint density at radius 1 is 1.22 bits per heavy atom. The lowest BCUT2D eigenvalue weighted by Crippen LogP contribution is -2.23. The Labute approximate surface area is 110 Å². The smallest absolute Gasteiger partial charge is 0.308 e. The van der Waals surface area contributed by atoms with Gasteiger partial charge >= 0.3 is 5.97 Å². The molecule has 0 bridgehead atoms. The van der Waals surface area contributed by atoms with Crippen LogP contribution >= 0.6 is 0 Å². The molecule has 1 aliphatic carbocycles. The maximum Gasteiger partial charge on any atom is 0.308 e. The Hall–Kier alpha value is -1.25. The van der Waals surface area contributed by atoms with E-state index < -0.39 is 0 Å². The fraction of sp³-hybridized carbons (Fsp3) is 0.533. The minimum atomic E-state index is -0.0201. The van der Waals surface area contributed by atoms with Crippen LogP contribution in [-0.2, 0) is 9.53 Å². The number of esters is 1. The van der Waals surface area contributed by atoms with Crippen LogP contribution in [0.4, 0.5) is 0 Å². The van der Waals surface area contributed by atoms with E-state index in [0.29, 0.717) is 12.5 Å². The molecule has 1 fully saturated rings. The topological polar surface area (TPSA) is 26.3 Å². The Morgan fingerprint density at radius 3 is 2.39 bits per heavy atom. The van der Waals surface area contributed by atoms with Gasteiger partial charge in [-0.1, -0.05) is 29.7 Å². The van der Waals surface area contributed by atoms with E-state index in [0.717, 1.165) is 31.1 Å². The molecule has 3 heteroatoms. The highest BCUT2D eigenvalue weighted by atomic mass is 16.5. The summed E-state index contributed by atoms with van der Waals surface area (Å²) in [7, 11) is 5.69. The molecule has 2 rings (SSSR count). The van der Waals surface area contributed by atoms with Crippen LogP contribution in [0, 0.1) is 5.92 Å². The molecule has 0 aromatic heterocycles. The van der Waals surface area contributed by atoms with Gasteiger partial charge in [0.1, 0.15) is 7.85 Å². The molecule has 0 spiro atoms. The molecule has 1 saturated carbocycles. The van der Waals surface area contributed by atoms with Crippen LogP contribution in [0.1, 0.15) is 44.1 Å². The van der Waals surface area contributed by atoms with Crippen molar-refractivity contribution < 1.29 is 9.53 Å². The van der Waals surface area contributed by atoms with Gasteiger partial charge in [0.15, 0.2) is 0 Å². The highest BCUT2D eigenvalue weighted by molar-refractivity contribution is 6.32. The first kappa shape index (κ1) is 13.2. The Bertz CT molecular complexity index is 391. The van der Waals surface area contributed by atoms with E-state index in [1.165, 1.54) is 5.56 Å². The van der Waals surface area contributed by atoms with Crippen molar-refractivity contribution in [1.29, 1.82) is 0 Å². The van der Waals surface area contributed by atoms with Crippen molar-refractivity contribution in [2.24, 2.45) is 5.92 Å². The van der Waals surface area contributed by atoms with E-state index in [1.807, 2.05) is 19.1 Å². The van der Waals surface area contributed by atoms with E-state index >= 15 is 0 Å². The van der Waals surface area contributed by atoms with Crippen molar-refractivity contribution in [3.05, 3.63) is 29.8 Å². The van der Waals surface area contributed by atoms with Gasteiger partial charge in [0.25, 0.3) is 0 Å². The summed E-state index contributed by atoms with van der Waals surface area (Å²) in [6, 6.07) is 8.11. The van der Waals surface area contributed by atoms with Crippen LogP contribution in [0.2, 0.25) is 0 Å². The molecule has 2 nitrogen and oxygen atoms in total. The predicted octanol–water partition coefficient (Wildman–Crippen LogP) is 2.32. The third kappa shape index (κ3) is 3.15. The summed E-state index contributed by atoms with van der Waals surface area (Å²) in [4.78, 5) is 11.6. The summed E-state index contributed by atoms with van der Waals surface area (Å²) in [6.07, 6.45) is 4.00. The van der Waals surface area contributed by atoms with E-state index in [9.17, 15) is 4.79 Å². The standard InChI is InChI=1S/C15H19BO2/c1-2-18-15(17)13-5-3-11(4-6-13)12-7-9-14(16)10-8-12/h7-11,13H,2-6H2,1H3. The quantitative estimate of drug-likeness (QED) is 0.600. The summed E-state index contributed by atoms with van der Waals surface area (Å²) < 4.78 is 5.08. The van der Waals surface area contributed by atoms with Crippen LogP contribution in [-0.4, -0.2) is 20.4 Å². The first-order chi connectivity index (χ1) is 8.70. The second-order valence-electron chi connectivity index (χ2n) is 4.97. The molecular weight excluding hydrogens is 223 g/mol. The van der Waals surface area contributed by atoms with Crippen molar-refractivity contribution in [2.75, 3.05) is 6.61 Å². The van der Waals surface area contributed by atoms with Crippen LogP contribution in [0.25, 0.3) is 0 Å². The van der Waals surface area contributed by atoms with Gasteiger partial charge in [-0.15, -0.1) is 0 Å². The molecule has 94 valence electrons. The van der Waals surface area contributed by atoms with Crippen LogP contribution in [0.5, 0.6) is 0 Å². The number of hydrogen-bond donors (Lipinski definition) is 0. The van der Waals surface area contributed by atoms with E-state index in [4.69, 9.17) is 12.6 Å². The largest absolute Gasteiger partial charge is 0.466 e. The highest BCUT2D eigenvalue weighted by Gasteiger charge is 2.27. The van der Waals surface area contributed by atoms with Crippen molar-refractivity contribution in [2.45, 2.75) is 38.5 Å². The lowest BCUT2D eigenvalue weighted by molar-refractivity contribution is -0.149. The zero-order chi connectivity index (χ0) is 13.0. The Balaban J connectivity index is 1.90. The van der Waals surface area contributed by atoms with Gasteiger partial charge in [-0.2, -0.15) is 0 Å². The van der Waals surface area contributed by atoms with E-state index in [2.05, 4.69) is 12.1 Å². The Kier molecular flexibility index (Phi) is 4.46. The van der Waals surface area contributed by atoms with Crippen molar-refractivity contribution >= 4 is 19.3 Å². The van der Waals surface area contributed by atoms with Crippen LogP contribution in [0.3, 0.4) is 0 Å². The second kappa shape index (κ2) is 6.08. The average molecular weight is 242 g/mol. The van der Waals surface area contributed by atoms with Crippen molar-refractivity contribution in [3.8, 4) is 0 Å². The van der Waals surface area contributed by atoms with Gasteiger partial charge in [-0.3, -0.25) is 4.79 Å². The van der Waals surface area contributed by atoms with Gasteiger partial charge in [-0.05, 0) is 44.1 Å². The number of ether oxygens (including phenoxy) is 1. The molecule has 2 radical (unpaired) electrons. The van der Waals surface area contributed by atoms with Gasteiger partial charge < -0.3 is 4.74 Å². The third-order valence-corrected chi connectivity index (χ3v) is 3.75. The number of benzene rings is 1. The molecule has 1 aromatic carbocycles. The number of rotatable bonds is 3. The van der Waals surface area contributed by atoms with Gasteiger partial charge in [-0.25, -0.2) is 0 Å². The minimum Gasteiger partial charge on any atom is -0.466 e. The SMILES string of the molecule is [B]c1ccc(C2CCC(C(=O)OCC)CC2)cc1. The van der Waals surface area contributed by atoms with Gasteiger partial charge in [0.2, 0.25) is 0 Å². The lowest BCUT2D eigenvalue weighted by atomic mass is 9.78. The fourth-order valence-electron chi connectivity index (χ4n) is 2.69. The maximum absolute atomic E-state index is 11.6. The van der Waals surface area contributed by atoms with Crippen LogP contribution < -0.4 is 5.46 Å². The second-order valence-corrected chi connectivity index (χ2v) is 4.97. The van der Waals surface area contributed by atoms with Gasteiger partial charge in [0.05, 0.1) is 12.5 Å². The zero-order valence-corrected chi connectivity index (χ0v) is 10.9. The molecule has 0 aliphatic heterocycles. The number of carbonyl (C=O) groups excluding carboxylic acids is 1. The number of carbonyl (C=O) groups is 1.